The molecule has 2 aromatic heterocycles. The van der Waals surface area contributed by atoms with Crippen LogP contribution in [0.25, 0.3) is 0 Å². The minimum Gasteiger partial charge on any atom is -0.397 e. The first kappa shape index (κ1) is 10.7. The largest absolute Gasteiger partial charge is 0.397 e. The van der Waals surface area contributed by atoms with E-state index in [0.29, 0.717) is 0 Å². The van der Waals surface area contributed by atoms with Gasteiger partial charge in [-0.3, -0.25) is 14.8 Å². The minimum atomic E-state index is -0.729. The highest BCUT2D eigenvalue weighted by molar-refractivity contribution is 5.58. The summed E-state index contributed by atoms with van der Waals surface area (Å²) in [6.45, 7) is 0. The number of nitrogens with two attached hydrogens (primary N) is 1. The molecule has 0 aromatic carbocycles. The number of hydrogen-bond donors (Lipinski definition) is 1. The Morgan fingerprint density at radius 1 is 1.47 bits per heavy atom. The van der Waals surface area contributed by atoms with Gasteiger partial charge >= 0.3 is 17.6 Å². The van der Waals surface area contributed by atoms with Crippen molar-refractivity contribution in [3.63, 3.8) is 0 Å². The number of nitro groups is 1. The molecule has 0 aliphatic rings. The lowest BCUT2D eigenvalue weighted by Gasteiger charge is -2.01. The maximum atomic E-state index is 10.8. The zero-order valence-electron chi connectivity index (χ0n) is 8.64. The fraction of sp³-hybridized carbons (Fsp3) is 0.143. The van der Waals surface area contributed by atoms with Gasteiger partial charge in [-0.2, -0.15) is 9.97 Å². The Kier molecular flexibility index (Phi) is 2.52. The van der Waals surface area contributed by atoms with E-state index in [1.54, 1.807) is 7.05 Å². The van der Waals surface area contributed by atoms with Crippen molar-refractivity contribution in [1.82, 2.24) is 24.7 Å². The summed E-state index contributed by atoms with van der Waals surface area (Å²) in [5.41, 5.74) is 4.85. The fourth-order valence-corrected chi connectivity index (χ4v) is 1.07. The first-order valence-corrected chi connectivity index (χ1v) is 4.36. The SMILES string of the molecule is Cn1cnc(Oc2ncnc(N)c2[N+](=O)[O-])n1. The van der Waals surface area contributed by atoms with E-state index in [1.807, 2.05) is 0 Å². The molecule has 0 atom stereocenters. The molecule has 0 radical (unpaired) electrons. The highest BCUT2D eigenvalue weighted by Gasteiger charge is 2.23. The summed E-state index contributed by atoms with van der Waals surface area (Å²) < 4.78 is 6.44. The number of rotatable bonds is 3. The Balaban J connectivity index is 2.39. The van der Waals surface area contributed by atoms with E-state index >= 15 is 0 Å². The van der Waals surface area contributed by atoms with Crippen LogP contribution in [-0.4, -0.2) is 29.7 Å². The highest BCUT2D eigenvalue weighted by atomic mass is 16.6. The van der Waals surface area contributed by atoms with Gasteiger partial charge in [0.25, 0.3) is 0 Å². The van der Waals surface area contributed by atoms with E-state index in [1.165, 1.54) is 11.0 Å². The Morgan fingerprint density at radius 2 is 2.24 bits per heavy atom. The smallest absolute Gasteiger partial charge is 0.373 e. The molecule has 0 unspecified atom stereocenters. The zero-order chi connectivity index (χ0) is 12.4. The molecule has 0 saturated heterocycles. The number of hydrogen-bond acceptors (Lipinski definition) is 8. The Hall–Kier alpha value is -2.78. The number of anilines is 1. The maximum absolute atomic E-state index is 10.8. The first-order valence-electron chi connectivity index (χ1n) is 4.36. The molecule has 10 nitrogen and oxygen atoms in total. The second kappa shape index (κ2) is 4.00. The third-order valence-electron chi connectivity index (χ3n) is 1.77. The summed E-state index contributed by atoms with van der Waals surface area (Å²) in [7, 11) is 1.63. The lowest BCUT2D eigenvalue weighted by molar-refractivity contribution is -0.385. The molecule has 0 amide bonds. The van der Waals surface area contributed by atoms with Gasteiger partial charge in [0.15, 0.2) is 0 Å². The molecule has 2 heterocycles. The van der Waals surface area contributed by atoms with Crippen LogP contribution in [0, 0.1) is 10.1 Å². The number of nitrogen functional groups attached to an aromatic ring is 1. The van der Waals surface area contributed by atoms with Crippen LogP contribution in [0.4, 0.5) is 11.5 Å². The van der Waals surface area contributed by atoms with Crippen LogP contribution in [0.5, 0.6) is 11.9 Å². The predicted molar refractivity (Wildman–Crippen MR) is 54.2 cm³/mol. The monoisotopic (exact) mass is 237 g/mol. The molecule has 0 fully saturated rings. The van der Waals surface area contributed by atoms with Crippen LogP contribution in [-0.2, 0) is 7.05 Å². The van der Waals surface area contributed by atoms with Gasteiger partial charge in [-0.15, -0.1) is 5.10 Å². The van der Waals surface area contributed by atoms with Crippen molar-refractivity contribution in [2.75, 3.05) is 5.73 Å². The van der Waals surface area contributed by atoms with Crippen LogP contribution in [0.2, 0.25) is 0 Å². The Morgan fingerprint density at radius 3 is 2.82 bits per heavy atom. The van der Waals surface area contributed by atoms with Crippen LogP contribution >= 0.6 is 0 Å². The number of nitrogens with zero attached hydrogens (tertiary/aromatic N) is 6. The Bertz CT molecular complexity index is 566. The zero-order valence-corrected chi connectivity index (χ0v) is 8.64. The molecule has 2 aromatic rings. The molecular weight excluding hydrogens is 230 g/mol. The van der Waals surface area contributed by atoms with Crippen molar-refractivity contribution < 1.29 is 9.66 Å². The van der Waals surface area contributed by atoms with Gasteiger partial charge in [0.05, 0.1) is 4.92 Å². The predicted octanol–water partition coefficient (Wildman–Crippen LogP) is -0.112. The van der Waals surface area contributed by atoms with E-state index in [-0.39, 0.29) is 17.7 Å². The normalized spacial score (nSPS) is 10.2. The van der Waals surface area contributed by atoms with Crippen molar-refractivity contribution in [2.24, 2.45) is 7.05 Å². The molecule has 0 aliphatic heterocycles. The lowest BCUT2D eigenvalue weighted by atomic mass is 10.5. The van der Waals surface area contributed by atoms with Crippen molar-refractivity contribution in [1.29, 1.82) is 0 Å². The summed E-state index contributed by atoms with van der Waals surface area (Å²) in [6.07, 6.45) is 2.44. The first-order chi connectivity index (χ1) is 8.08. The molecule has 2 rings (SSSR count). The minimum absolute atomic E-state index is 0.0614. The van der Waals surface area contributed by atoms with Gasteiger partial charge in [-0.05, 0) is 0 Å². The van der Waals surface area contributed by atoms with E-state index in [0.717, 1.165) is 6.33 Å². The standard InChI is InChI=1S/C7H7N7O3/c1-13-3-11-7(12-13)17-6-4(14(15)16)5(8)9-2-10-6/h2-3H,1H3,(H2,8,9,10). The fourth-order valence-electron chi connectivity index (χ4n) is 1.07. The quantitative estimate of drug-likeness (QED) is 0.576. The molecule has 88 valence electrons. The van der Waals surface area contributed by atoms with Crippen LogP contribution < -0.4 is 10.5 Å². The summed E-state index contributed by atoms with van der Waals surface area (Å²) in [5, 5.41) is 14.6. The van der Waals surface area contributed by atoms with E-state index < -0.39 is 10.6 Å². The summed E-state index contributed by atoms with van der Waals surface area (Å²) in [4.78, 5) is 20.9. The second-order valence-corrected chi connectivity index (χ2v) is 2.97. The molecular formula is C7H7N7O3. The van der Waals surface area contributed by atoms with Crippen LogP contribution in [0.1, 0.15) is 0 Å². The van der Waals surface area contributed by atoms with Crippen molar-refractivity contribution >= 4 is 11.5 Å². The lowest BCUT2D eigenvalue weighted by Crippen LogP contribution is -2.03. The highest BCUT2D eigenvalue weighted by Crippen LogP contribution is 2.30. The van der Waals surface area contributed by atoms with Gasteiger partial charge < -0.3 is 10.5 Å². The van der Waals surface area contributed by atoms with E-state index in [9.17, 15) is 10.1 Å². The van der Waals surface area contributed by atoms with E-state index in [2.05, 4.69) is 20.1 Å². The number of aromatic nitrogens is 5. The number of aryl methyl sites for hydroxylation is 1. The van der Waals surface area contributed by atoms with Crippen molar-refractivity contribution in [2.45, 2.75) is 0 Å². The molecule has 10 heteroatoms. The van der Waals surface area contributed by atoms with Gasteiger partial charge in [-0.1, -0.05) is 0 Å². The molecule has 0 spiro atoms. The molecule has 17 heavy (non-hydrogen) atoms. The van der Waals surface area contributed by atoms with Gasteiger partial charge in [-0.25, -0.2) is 4.98 Å². The summed E-state index contributed by atoms with van der Waals surface area (Å²) in [5.74, 6) is -0.579. The van der Waals surface area contributed by atoms with E-state index in [4.69, 9.17) is 10.5 Å². The molecule has 0 bridgehead atoms. The molecule has 2 N–H and O–H groups in total. The topological polar surface area (TPSA) is 135 Å². The molecule has 0 aliphatic carbocycles. The van der Waals surface area contributed by atoms with Gasteiger partial charge in [0.2, 0.25) is 5.82 Å². The average Bonchev–Trinajstić information content (AvgIpc) is 2.63. The molecule has 0 saturated carbocycles. The van der Waals surface area contributed by atoms with Crippen molar-refractivity contribution in [3.05, 3.63) is 22.8 Å². The summed E-state index contributed by atoms with van der Waals surface area (Å²) >= 11 is 0. The Labute approximate surface area is 94.2 Å². The van der Waals surface area contributed by atoms with Crippen molar-refractivity contribution in [3.8, 4) is 11.9 Å². The summed E-state index contributed by atoms with van der Waals surface area (Å²) in [6, 6.07) is -0.0614. The number of ether oxygens (including phenoxy) is 1. The van der Waals surface area contributed by atoms with Crippen LogP contribution in [0.15, 0.2) is 12.7 Å². The average molecular weight is 237 g/mol. The van der Waals surface area contributed by atoms with Gasteiger partial charge in [0, 0.05) is 7.05 Å². The third kappa shape index (κ3) is 2.09. The van der Waals surface area contributed by atoms with Gasteiger partial charge in [0.1, 0.15) is 12.7 Å². The second-order valence-electron chi connectivity index (χ2n) is 2.97. The third-order valence-corrected chi connectivity index (χ3v) is 1.77. The maximum Gasteiger partial charge on any atom is 0.373 e. The van der Waals surface area contributed by atoms with Crippen LogP contribution in [0.3, 0.4) is 0 Å².